The second-order valence-electron chi connectivity index (χ2n) is 5.62. The fraction of sp³-hybridized carbons (Fsp3) is 0.100. The summed E-state index contributed by atoms with van der Waals surface area (Å²) in [6.07, 6.45) is 1.55. The molecule has 0 aliphatic heterocycles. The number of para-hydroxylation sites is 1. The van der Waals surface area contributed by atoms with E-state index in [-0.39, 0.29) is 18.0 Å². The van der Waals surface area contributed by atoms with Crippen LogP contribution in [0.2, 0.25) is 0 Å². The SMILES string of the molecule is C/C(=C\C(=O)NCc1cc2ccccc2[nH]c1=O)c1ccccc1. The van der Waals surface area contributed by atoms with Gasteiger partial charge in [-0.25, -0.2) is 0 Å². The number of nitrogens with one attached hydrogen (secondary N) is 2. The number of pyridine rings is 1. The number of hydrogen-bond donors (Lipinski definition) is 2. The van der Waals surface area contributed by atoms with Gasteiger partial charge < -0.3 is 10.3 Å². The lowest BCUT2D eigenvalue weighted by Gasteiger charge is -2.05. The number of hydrogen-bond acceptors (Lipinski definition) is 2. The number of fused-ring (bicyclic) bond motifs is 1. The molecular weight excluding hydrogens is 300 g/mol. The Morgan fingerprint density at radius 1 is 1.08 bits per heavy atom. The fourth-order valence-electron chi connectivity index (χ4n) is 2.54. The molecule has 0 aliphatic carbocycles. The Labute approximate surface area is 139 Å². The minimum Gasteiger partial charge on any atom is -0.348 e. The molecule has 0 atom stereocenters. The number of allylic oxidation sites excluding steroid dienone is 1. The van der Waals surface area contributed by atoms with Gasteiger partial charge >= 0.3 is 0 Å². The molecule has 2 N–H and O–H groups in total. The molecule has 0 aliphatic rings. The molecular formula is C20H18N2O2. The van der Waals surface area contributed by atoms with Crippen LogP contribution in [-0.4, -0.2) is 10.9 Å². The number of carbonyl (C=O) groups is 1. The third kappa shape index (κ3) is 3.60. The van der Waals surface area contributed by atoms with Gasteiger partial charge in [-0.1, -0.05) is 48.5 Å². The van der Waals surface area contributed by atoms with E-state index in [0.717, 1.165) is 22.0 Å². The van der Waals surface area contributed by atoms with Crippen LogP contribution in [0.1, 0.15) is 18.1 Å². The van der Waals surface area contributed by atoms with Crippen LogP contribution in [0, 0.1) is 0 Å². The number of H-pyrrole nitrogens is 1. The predicted octanol–water partition coefficient (Wildman–Crippen LogP) is 3.25. The molecule has 1 aromatic heterocycles. The van der Waals surface area contributed by atoms with E-state index in [9.17, 15) is 9.59 Å². The highest BCUT2D eigenvalue weighted by Gasteiger charge is 2.05. The number of amides is 1. The molecule has 0 saturated heterocycles. The van der Waals surface area contributed by atoms with Crippen molar-refractivity contribution in [2.24, 2.45) is 0 Å². The van der Waals surface area contributed by atoms with Gasteiger partial charge in [-0.15, -0.1) is 0 Å². The zero-order chi connectivity index (χ0) is 16.9. The highest BCUT2D eigenvalue weighted by Crippen LogP contribution is 2.12. The van der Waals surface area contributed by atoms with Gasteiger partial charge in [0, 0.05) is 23.7 Å². The third-order valence-electron chi connectivity index (χ3n) is 3.86. The van der Waals surface area contributed by atoms with Crippen molar-refractivity contribution in [3.8, 4) is 0 Å². The molecule has 2 aromatic carbocycles. The van der Waals surface area contributed by atoms with E-state index in [1.54, 1.807) is 6.08 Å². The standard InChI is InChI=1S/C20H18N2O2/c1-14(15-7-3-2-4-8-15)11-19(23)21-13-17-12-16-9-5-6-10-18(16)22-20(17)24/h2-12H,13H2,1H3,(H,21,23)(H,22,24)/b14-11+. The molecule has 24 heavy (non-hydrogen) atoms. The van der Waals surface area contributed by atoms with E-state index in [2.05, 4.69) is 10.3 Å². The number of aromatic nitrogens is 1. The first-order chi connectivity index (χ1) is 11.6. The monoisotopic (exact) mass is 318 g/mol. The summed E-state index contributed by atoms with van der Waals surface area (Å²) in [7, 11) is 0. The quantitative estimate of drug-likeness (QED) is 0.725. The Morgan fingerprint density at radius 2 is 1.79 bits per heavy atom. The van der Waals surface area contributed by atoms with E-state index < -0.39 is 0 Å². The fourth-order valence-corrected chi connectivity index (χ4v) is 2.54. The summed E-state index contributed by atoms with van der Waals surface area (Å²) in [4.78, 5) is 27.0. The van der Waals surface area contributed by atoms with Crippen molar-refractivity contribution in [1.29, 1.82) is 0 Å². The molecule has 1 amide bonds. The van der Waals surface area contributed by atoms with Crippen molar-refractivity contribution in [3.05, 3.63) is 88.2 Å². The summed E-state index contributed by atoms with van der Waals surface area (Å²) in [5.41, 5.74) is 3.01. The molecule has 3 aromatic rings. The Morgan fingerprint density at radius 3 is 2.58 bits per heavy atom. The Bertz CT molecular complexity index is 956. The van der Waals surface area contributed by atoms with Crippen molar-refractivity contribution in [2.45, 2.75) is 13.5 Å². The zero-order valence-corrected chi connectivity index (χ0v) is 13.4. The molecule has 0 spiro atoms. The second kappa shape index (κ2) is 6.96. The van der Waals surface area contributed by atoms with E-state index >= 15 is 0 Å². The molecule has 120 valence electrons. The lowest BCUT2D eigenvalue weighted by Crippen LogP contribution is -2.25. The normalized spacial score (nSPS) is 11.5. The Hall–Kier alpha value is -3.14. The first-order valence-corrected chi connectivity index (χ1v) is 7.76. The number of aromatic amines is 1. The van der Waals surface area contributed by atoms with Crippen molar-refractivity contribution in [2.75, 3.05) is 0 Å². The molecule has 4 nitrogen and oxygen atoms in total. The number of benzene rings is 2. The van der Waals surface area contributed by atoms with Gasteiger partial charge in [-0.05, 0) is 35.6 Å². The van der Waals surface area contributed by atoms with Crippen LogP contribution in [0.3, 0.4) is 0 Å². The summed E-state index contributed by atoms with van der Waals surface area (Å²) in [5, 5.41) is 3.71. The average Bonchev–Trinajstić information content (AvgIpc) is 2.60. The summed E-state index contributed by atoms with van der Waals surface area (Å²) < 4.78 is 0. The number of rotatable bonds is 4. The minimum atomic E-state index is -0.219. The summed E-state index contributed by atoms with van der Waals surface area (Å²) in [6, 6.07) is 19.1. The van der Waals surface area contributed by atoms with Crippen LogP contribution in [0.25, 0.3) is 16.5 Å². The molecule has 1 heterocycles. The maximum absolute atomic E-state index is 12.1. The first kappa shape index (κ1) is 15.7. The summed E-state index contributed by atoms with van der Waals surface area (Å²) >= 11 is 0. The van der Waals surface area contributed by atoms with Gasteiger partial charge in [0.15, 0.2) is 0 Å². The topological polar surface area (TPSA) is 62.0 Å². The average molecular weight is 318 g/mol. The molecule has 0 bridgehead atoms. The highest BCUT2D eigenvalue weighted by molar-refractivity contribution is 5.94. The number of carbonyl (C=O) groups excluding carboxylic acids is 1. The van der Waals surface area contributed by atoms with Crippen LogP contribution < -0.4 is 10.9 Å². The third-order valence-corrected chi connectivity index (χ3v) is 3.86. The largest absolute Gasteiger partial charge is 0.348 e. The molecule has 0 unspecified atom stereocenters. The molecule has 0 radical (unpaired) electrons. The van der Waals surface area contributed by atoms with Gasteiger partial charge in [0.2, 0.25) is 5.91 Å². The van der Waals surface area contributed by atoms with Crippen molar-refractivity contribution < 1.29 is 4.79 Å². The van der Waals surface area contributed by atoms with Gasteiger partial charge in [-0.3, -0.25) is 9.59 Å². The second-order valence-corrected chi connectivity index (χ2v) is 5.62. The molecule has 4 heteroatoms. The summed E-state index contributed by atoms with van der Waals surface area (Å²) in [6.45, 7) is 2.08. The lowest BCUT2D eigenvalue weighted by atomic mass is 10.1. The van der Waals surface area contributed by atoms with Crippen molar-refractivity contribution in [3.63, 3.8) is 0 Å². The van der Waals surface area contributed by atoms with E-state index in [4.69, 9.17) is 0 Å². The van der Waals surface area contributed by atoms with Gasteiger partial charge in [0.1, 0.15) is 0 Å². The van der Waals surface area contributed by atoms with Crippen LogP contribution in [0.4, 0.5) is 0 Å². The van der Waals surface area contributed by atoms with Crippen molar-refractivity contribution in [1.82, 2.24) is 10.3 Å². The highest BCUT2D eigenvalue weighted by atomic mass is 16.1. The van der Waals surface area contributed by atoms with E-state index in [1.165, 1.54) is 0 Å². The summed E-state index contributed by atoms with van der Waals surface area (Å²) in [5.74, 6) is -0.219. The maximum Gasteiger partial charge on any atom is 0.253 e. The Balaban J connectivity index is 1.73. The van der Waals surface area contributed by atoms with Gasteiger partial charge in [0.25, 0.3) is 5.56 Å². The minimum absolute atomic E-state index is 0.183. The Kier molecular flexibility index (Phi) is 4.57. The molecule has 0 saturated carbocycles. The maximum atomic E-state index is 12.1. The zero-order valence-electron chi connectivity index (χ0n) is 13.4. The molecule has 3 rings (SSSR count). The van der Waals surface area contributed by atoms with E-state index in [0.29, 0.717) is 5.56 Å². The van der Waals surface area contributed by atoms with Gasteiger partial charge in [0.05, 0.1) is 0 Å². The smallest absolute Gasteiger partial charge is 0.253 e. The van der Waals surface area contributed by atoms with Crippen LogP contribution >= 0.6 is 0 Å². The van der Waals surface area contributed by atoms with Crippen LogP contribution in [0.5, 0.6) is 0 Å². The van der Waals surface area contributed by atoms with Crippen LogP contribution in [-0.2, 0) is 11.3 Å². The first-order valence-electron chi connectivity index (χ1n) is 7.76. The predicted molar refractivity (Wildman–Crippen MR) is 96.5 cm³/mol. The molecule has 0 fully saturated rings. The lowest BCUT2D eigenvalue weighted by molar-refractivity contribution is -0.116. The van der Waals surface area contributed by atoms with Crippen molar-refractivity contribution >= 4 is 22.4 Å². The van der Waals surface area contributed by atoms with E-state index in [1.807, 2.05) is 67.6 Å². The van der Waals surface area contributed by atoms with Gasteiger partial charge in [-0.2, -0.15) is 0 Å². The van der Waals surface area contributed by atoms with Crippen LogP contribution in [0.15, 0.2) is 71.5 Å².